The molecule has 1 aliphatic rings. The number of benzene rings is 1. The summed E-state index contributed by atoms with van der Waals surface area (Å²) in [6, 6.07) is 9.26. The molecule has 1 aromatic carbocycles. The predicted molar refractivity (Wildman–Crippen MR) is 91.0 cm³/mol. The Morgan fingerprint density at radius 3 is 2.62 bits per heavy atom. The van der Waals surface area contributed by atoms with Gasteiger partial charge in [-0.15, -0.1) is 0 Å². The monoisotopic (exact) mass is 288 g/mol. The van der Waals surface area contributed by atoms with Crippen molar-refractivity contribution >= 4 is 0 Å². The Labute approximate surface area is 130 Å². The lowest BCUT2D eigenvalue weighted by Crippen LogP contribution is -2.43. The summed E-state index contributed by atoms with van der Waals surface area (Å²) in [6.45, 7) is 4.45. The highest BCUT2D eigenvalue weighted by Crippen LogP contribution is 2.34. The molecule has 0 saturated heterocycles. The van der Waals surface area contributed by atoms with Gasteiger partial charge in [0.25, 0.3) is 0 Å². The van der Waals surface area contributed by atoms with Gasteiger partial charge in [0.15, 0.2) is 0 Å². The summed E-state index contributed by atoms with van der Waals surface area (Å²) in [4.78, 5) is 0. The van der Waals surface area contributed by atoms with E-state index >= 15 is 0 Å². The highest BCUT2D eigenvalue weighted by atomic mass is 15.2. The number of hydrazine groups is 1. The second-order valence-corrected chi connectivity index (χ2v) is 6.89. The SMILES string of the molecule is CCCCC1CCC(C(Cc2cccc(C)c2)NN)CC1. The quantitative estimate of drug-likeness (QED) is 0.577. The first-order chi connectivity index (χ1) is 10.2. The Morgan fingerprint density at radius 1 is 1.24 bits per heavy atom. The summed E-state index contributed by atoms with van der Waals surface area (Å²) in [5.41, 5.74) is 5.85. The molecular weight excluding hydrogens is 256 g/mol. The lowest BCUT2D eigenvalue weighted by Gasteiger charge is -2.33. The molecule has 0 aliphatic heterocycles. The zero-order chi connectivity index (χ0) is 15.1. The van der Waals surface area contributed by atoms with Gasteiger partial charge in [-0.25, -0.2) is 0 Å². The maximum Gasteiger partial charge on any atom is 0.0279 e. The second-order valence-electron chi connectivity index (χ2n) is 6.89. The molecule has 1 aliphatic carbocycles. The van der Waals surface area contributed by atoms with Gasteiger partial charge in [-0.2, -0.15) is 0 Å². The van der Waals surface area contributed by atoms with Crippen LogP contribution in [-0.2, 0) is 6.42 Å². The maximum atomic E-state index is 5.85. The van der Waals surface area contributed by atoms with Crippen LogP contribution >= 0.6 is 0 Å². The van der Waals surface area contributed by atoms with Crippen molar-refractivity contribution in [1.82, 2.24) is 5.43 Å². The third kappa shape index (κ3) is 5.12. The summed E-state index contributed by atoms with van der Waals surface area (Å²) < 4.78 is 0. The zero-order valence-electron chi connectivity index (χ0n) is 13.8. The van der Waals surface area contributed by atoms with Gasteiger partial charge < -0.3 is 0 Å². The summed E-state index contributed by atoms with van der Waals surface area (Å²) >= 11 is 0. The molecule has 0 heterocycles. The van der Waals surface area contributed by atoms with Crippen molar-refractivity contribution < 1.29 is 0 Å². The van der Waals surface area contributed by atoms with Crippen LogP contribution in [-0.4, -0.2) is 6.04 Å². The Kier molecular flexibility index (Phi) is 6.72. The predicted octanol–water partition coefficient (Wildman–Crippen LogP) is 4.37. The summed E-state index contributed by atoms with van der Waals surface area (Å²) in [5.74, 6) is 7.57. The molecule has 0 spiro atoms. The normalized spacial score (nSPS) is 24.0. The fourth-order valence-corrected chi connectivity index (χ4v) is 3.83. The van der Waals surface area contributed by atoms with Crippen LogP contribution < -0.4 is 11.3 Å². The number of rotatable bonds is 7. The molecular formula is C19H32N2. The van der Waals surface area contributed by atoms with Crippen LogP contribution in [0.2, 0.25) is 0 Å². The maximum absolute atomic E-state index is 5.85. The lowest BCUT2D eigenvalue weighted by atomic mass is 9.76. The molecule has 1 aromatic rings. The molecule has 21 heavy (non-hydrogen) atoms. The molecule has 3 N–H and O–H groups in total. The van der Waals surface area contributed by atoms with Crippen LogP contribution in [0.1, 0.15) is 63.0 Å². The van der Waals surface area contributed by atoms with E-state index in [1.807, 2.05) is 0 Å². The molecule has 2 rings (SSSR count). The van der Waals surface area contributed by atoms with Crippen molar-refractivity contribution in [2.24, 2.45) is 17.7 Å². The van der Waals surface area contributed by atoms with E-state index in [0.717, 1.165) is 18.3 Å². The van der Waals surface area contributed by atoms with E-state index < -0.39 is 0 Å². The van der Waals surface area contributed by atoms with E-state index in [1.54, 1.807) is 0 Å². The van der Waals surface area contributed by atoms with Crippen LogP contribution in [0.15, 0.2) is 24.3 Å². The zero-order valence-corrected chi connectivity index (χ0v) is 13.8. The van der Waals surface area contributed by atoms with Crippen LogP contribution in [0.3, 0.4) is 0 Å². The van der Waals surface area contributed by atoms with E-state index in [0.29, 0.717) is 6.04 Å². The minimum absolute atomic E-state index is 0.430. The van der Waals surface area contributed by atoms with E-state index in [9.17, 15) is 0 Å². The topological polar surface area (TPSA) is 38.0 Å². The third-order valence-electron chi connectivity index (χ3n) is 5.18. The first-order valence-corrected chi connectivity index (χ1v) is 8.74. The fourth-order valence-electron chi connectivity index (χ4n) is 3.83. The van der Waals surface area contributed by atoms with Gasteiger partial charge in [0.05, 0.1) is 0 Å². The Balaban J connectivity index is 1.85. The van der Waals surface area contributed by atoms with Crippen molar-refractivity contribution in [1.29, 1.82) is 0 Å². The molecule has 2 heteroatoms. The number of hydrogen-bond acceptors (Lipinski definition) is 2. The van der Waals surface area contributed by atoms with Crippen molar-refractivity contribution in [3.05, 3.63) is 35.4 Å². The molecule has 118 valence electrons. The van der Waals surface area contributed by atoms with Gasteiger partial charge in [0, 0.05) is 6.04 Å². The number of unbranched alkanes of at least 4 members (excludes halogenated alkanes) is 1. The van der Waals surface area contributed by atoms with Crippen molar-refractivity contribution in [2.75, 3.05) is 0 Å². The molecule has 1 fully saturated rings. The standard InChI is InChI=1S/C19H32N2/c1-3-4-7-16-9-11-18(12-10-16)19(21-20)14-17-8-5-6-15(2)13-17/h5-6,8,13,16,18-19,21H,3-4,7,9-12,14,20H2,1-2H3. The largest absolute Gasteiger partial charge is 0.271 e. The van der Waals surface area contributed by atoms with Crippen molar-refractivity contribution in [2.45, 2.75) is 71.3 Å². The third-order valence-corrected chi connectivity index (χ3v) is 5.18. The average Bonchev–Trinajstić information content (AvgIpc) is 2.51. The minimum Gasteiger partial charge on any atom is -0.271 e. The van der Waals surface area contributed by atoms with Crippen molar-refractivity contribution in [3.63, 3.8) is 0 Å². The highest BCUT2D eigenvalue weighted by molar-refractivity contribution is 5.23. The van der Waals surface area contributed by atoms with Crippen LogP contribution in [0.25, 0.3) is 0 Å². The first-order valence-electron chi connectivity index (χ1n) is 8.74. The van der Waals surface area contributed by atoms with Crippen LogP contribution in [0.5, 0.6) is 0 Å². The Morgan fingerprint density at radius 2 is 2.00 bits per heavy atom. The molecule has 2 nitrogen and oxygen atoms in total. The Bertz CT molecular complexity index is 408. The Hall–Kier alpha value is -0.860. The number of nitrogens with one attached hydrogen (secondary N) is 1. The van der Waals surface area contributed by atoms with E-state index in [2.05, 4.69) is 43.5 Å². The van der Waals surface area contributed by atoms with Gasteiger partial charge in [-0.3, -0.25) is 11.3 Å². The van der Waals surface area contributed by atoms with Crippen LogP contribution in [0, 0.1) is 18.8 Å². The van der Waals surface area contributed by atoms with Crippen LogP contribution in [0.4, 0.5) is 0 Å². The number of hydrogen-bond donors (Lipinski definition) is 2. The molecule has 0 amide bonds. The van der Waals surface area contributed by atoms with Gasteiger partial charge >= 0.3 is 0 Å². The fraction of sp³-hybridized carbons (Fsp3) is 0.684. The molecule has 0 bridgehead atoms. The summed E-state index contributed by atoms with van der Waals surface area (Å²) in [7, 11) is 0. The minimum atomic E-state index is 0.430. The van der Waals surface area contributed by atoms with Crippen molar-refractivity contribution in [3.8, 4) is 0 Å². The second kappa shape index (κ2) is 8.55. The molecule has 1 atom stereocenters. The first kappa shape index (κ1) is 16.5. The van der Waals surface area contributed by atoms with Gasteiger partial charge in [-0.05, 0) is 43.6 Å². The number of aryl methyl sites for hydroxylation is 1. The summed E-state index contributed by atoms with van der Waals surface area (Å²) in [6.07, 6.45) is 10.7. The molecule has 0 radical (unpaired) electrons. The average molecular weight is 288 g/mol. The smallest absolute Gasteiger partial charge is 0.0279 e. The van der Waals surface area contributed by atoms with Gasteiger partial charge in [-0.1, -0.05) is 68.9 Å². The lowest BCUT2D eigenvalue weighted by molar-refractivity contribution is 0.211. The van der Waals surface area contributed by atoms with E-state index in [1.165, 1.54) is 56.1 Å². The summed E-state index contributed by atoms with van der Waals surface area (Å²) in [5, 5.41) is 0. The number of nitrogens with two attached hydrogens (primary N) is 1. The van der Waals surface area contributed by atoms with E-state index in [-0.39, 0.29) is 0 Å². The van der Waals surface area contributed by atoms with Gasteiger partial charge in [0.1, 0.15) is 0 Å². The molecule has 0 aromatic heterocycles. The van der Waals surface area contributed by atoms with Gasteiger partial charge in [0.2, 0.25) is 0 Å². The molecule has 1 saturated carbocycles. The highest BCUT2D eigenvalue weighted by Gasteiger charge is 2.26. The van der Waals surface area contributed by atoms with E-state index in [4.69, 9.17) is 5.84 Å². The molecule has 1 unspecified atom stereocenters.